The molecule has 6 aliphatic carbocycles. The van der Waals surface area contributed by atoms with Crippen molar-refractivity contribution in [3.63, 3.8) is 0 Å². The Hall–Kier alpha value is -4.02. The molecule has 2 heterocycles. The van der Waals surface area contributed by atoms with Crippen LogP contribution in [0.5, 0.6) is 0 Å². The molecule has 0 aliphatic heterocycles. The second-order valence-corrected chi connectivity index (χ2v) is 17.1. The minimum absolute atomic E-state index is 0. The molecule has 0 saturated heterocycles. The van der Waals surface area contributed by atoms with E-state index < -0.39 is 5.60 Å². The normalized spacial score (nSPS) is 28.8. The molecule has 52 heavy (non-hydrogen) atoms. The van der Waals surface area contributed by atoms with Gasteiger partial charge in [-0.2, -0.15) is 0 Å². The van der Waals surface area contributed by atoms with E-state index in [1.165, 1.54) is 14.2 Å². The number of methoxy groups -OCH3 is 2. The topological polar surface area (TPSA) is 127 Å². The van der Waals surface area contributed by atoms with Gasteiger partial charge in [-0.05, 0) is 110 Å². The minimum Gasteiger partial charge on any atom is -0.465 e. The SMILES string of the molecule is COC(=O)c1c(C)n([C@H](C)C23CC(N)(C2)C3)c2ccccc12.COC(=O)c1c(C)n([C@H](C)C23CC(NC(=O)OC(C)(C)C)(C2)C3)c2ccccc12.Cl.[2HH].[2H][2H].[2H][2H].[2H][2H].[2H][2H].[2H][2H].[2H][2H].[2H][2H].[2H][2H]. The Morgan fingerprint density at radius 1 is 0.769 bits per heavy atom. The zero-order chi connectivity index (χ0) is 52.9. The maximum atomic E-state index is 12.4. The molecule has 10 nitrogen and oxygen atoms in total. The molecule has 298 valence electrons. The van der Waals surface area contributed by atoms with Crippen LogP contribution in [-0.2, 0) is 14.2 Å². The van der Waals surface area contributed by atoms with Crippen LogP contribution in [0.2, 0.25) is 0 Å². The fraction of sp³-hybridized carbons (Fsp3) is 0.537. The van der Waals surface area contributed by atoms with Crippen molar-refractivity contribution in [3.8, 4) is 0 Å². The van der Waals surface area contributed by atoms with Gasteiger partial charge in [-0.1, -0.05) is 36.4 Å². The molecule has 2 atom stereocenters. The molecule has 4 aromatic rings. The zero-order valence-electron chi connectivity index (χ0n) is 47.8. The van der Waals surface area contributed by atoms with Crippen molar-refractivity contribution in [2.24, 2.45) is 16.6 Å². The van der Waals surface area contributed by atoms with Crippen molar-refractivity contribution in [2.45, 2.75) is 116 Å². The molecule has 0 radical (unpaired) electrons. The minimum atomic E-state index is -0.496. The smallest absolute Gasteiger partial charge is 0.408 e. The summed E-state index contributed by atoms with van der Waals surface area (Å²) in [7, 11) is 2.86. The Labute approximate surface area is 338 Å². The molecule has 11 heteroatoms. The lowest BCUT2D eigenvalue weighted by Crippen LogP contribution is -2.76. The van der Waals surface area contributed by atoms with Gasteiger partial charge >= 0.3 is 18.0 Å². The summed E-state index contributed by atoms with van der Waals surface area (Å²) in [5.41, 5.74) is 11.6. The number of esters is 2. The third-order valence-corrected chi connectivity index (χ3v) is 12.6. The van der Waals surface area contributed by atoms with Crippen LogP contribution in [-0.4, -0.2) is 58.1 Å². The van der Waals surface area contributed by atoms with Gasteiger partial charge in [0.05, 0.1) is 25.3 Å². The summed E-state index contributed by atoms with van der Waals surface area (Å²) >= 11 is 0. The maximum Gasteiger partial charge on any atom is 0.408 e. The van der Waals surface area contributed by atoms with Crippen LogP contribution in [0.25, 0.3) is 21.8 Å². The highest BCUT2D eigenvalue weighted by atomic mass is 35.5. The average Bonchev–Trinajstić information content (AvgIpc) is 3.79. The predicted molar refractivity (Wildman–Crippen MR) is 223 cm³/mol. The number of carbonyl (C=O) groups is 3. The summed E-state index contributed by atoms with van der Waals surface area (Å²) in [6.07, 6.45) is 5.75. The van der Waals surface area contributed by atoms with Gasteiger partial charge in [0, 0.05) is 81.5 Å². The summed E-state index contributed by atoms with van der Waals surface area (Å²) in [6.45, 7) is 14.1. The molecule has 6 fully saturated rings. The number of ether oxygens (including phenoxy) is 3. The van der Waals surface area contributed by atoms with E-state index in [9.17, 15) is 14.4 Å². The van der Waals surface area contributed by atoms with Gasteiger partial charge in [-0.3, -0.25) is 0 Å². The van der Waals surface area contributed by atoms with Gasteiger partial charge in [0.1, 0.15) is 5.60 Å². The Morgan fingerprint density at radius 2 is 1.15 bits per heavy atom. The Kier molecular flexibility index (Phi) is 6.87. The molecule has 6 saturated carbocycles. The summed E-state index contributed by atoms with van der Waals surface area (Å²) in [5.74, 6) is -0.558. The van der Waals surface area contributed by atoms with Gasteiger partial charge in [-0.25, -0.2) is 14.4 Å². The van der Waals surface area contributed by atoms with Crippen LogP contribution < -0.4 is 11.1 Å². The molecule has 0 unspecified atom stereocenters. The fourth-order valence-corrected chi connectivity index (χ4v) is 10.4. The van der Waals surface area contributed by atoms with Crippen LogP contribution in [0, 0.1) is 24.7 Å². The number of nitrogens with two attached hydrogens (primary N) is 1. The first-order chi connectivity index (χ1) is 31.9. The average molecular weight is 769 g/mol. The summed E-state index contributed by atoms with van der Waals surface area (Å²) < 4.78 is 100. The fourth-order valence-electron chi connectivity index (χ4n) is 10.4. The van der Waals surface area contributed by atoms with E-state index in [2.05, 4.69) is 40.4 Å². The number of para-hydroxylation sites is 2. The van der Waals surface area contributed by atoms with Crippen molar-refractivity contribution >= 4 is 52.2 Å². The summed E-state index contributed by atoms with van der Waals surface area (Å²) in [5, 5.41) is 4.99. The number of nitrogens with zero attached hydrogens (tertiary/aromatic N) is 2. The predicted octanol–water partition coefficient (Wildman–Crippen LogP) is 10.6. The monoisotopic (exact) mass is 768 g/mol. The third kappa shape index (κ3) is 5.68. The van der Waals surface area contributed by atoms with E-state index in [4.69, 9.17) is 43.7 Å². The van der Waals surface area contributed by atoms with E-state index in [0.29, 0.717) is 22.6 Å². The Morgan fingerprint density at radius 3 is 1.52 bits per heavy atom. The van der Waals surface area contributed by atoms with Crippen LogP contribution >= 0.6 is 12.4 Å². The number of carbonyl (C=O) groups excluding carboxylic acids is 3. The van der Waals surface area contributed by atoms with Gasteiger partial charge in [-0.15, -0.1) is 12.4 Å². The van der Waals surface area contributed by atoms with Crippen molar-refractivity contribution in [1.29, 1.82) is 0 Å². The molecule has 6 aliphatic rings. The van der Waals surface area contributed by atoms with Crippen LogP contribution in [0.3, 0.4) is 0 Å². The molecule has 0 spiro atoms. The molecule has 1 amide bonds. The van der Waals surface area contributed by atoms with E-state index in [1.807, 2.05) is 71.0 Å². The van der Waals surface area contributed by atoms with Gasteiger partial charge in [0.15, 0.2) is 0 Å². The standard InChI is InChI=1S/C23H30N2O4.C18H22N2O2.ClH.9H2/c1-14-18(19(26)28-6)16-9-7-8-10-17(16)25(14)15(2)22-11-23(12-22,13-22)24-20(27)29-21(3,4)5;1-11-15(16(21)22-3)13-6-4-5-7-14(13)20(11)12(2)17-8-18(19,9-17)10-17;;;;;;;;;;/h7-10,15H,11-13H2,1-6H3,(H,24,27);4-7,12H,8-10,19H2,1-3H3;10*1H/t15-,22?,23?;12-,17?,18?;;;;;;;;;;/m11........../s1/i;;;8*1+1D;1+1. The lowest BCUT2D eigenvalue weighted by atomic mass is 9.37. The Bertz CT molecular complexity index is 2110. The van der Waals surface area contributed by atoms with Crippen LogP contribution in [0.4, 0.5) is 4.79 Å². The second-order valence-electron chi connectivity index (χ2n) is 17.1. The lowest BCUT2D eigenvalue weighted by molar-refractivity contribution is -0.178. The van der Waals surface area contributed by atoms with E-state index in [1.54, 1.807) is 0 Å². The van der Waals surface area contributed by atoms with Crippen LogP contribution in [0.15, 0.2) is 48.5 Å². The largest absolute Gasteiger partial charge is 0.465 e. The molecule has 4 bridgehead atoms. The van der Waals surface area contributed by atoms with Crippen molar-refractivity contribution in [2.75, 3.05) is 14.2 Å². The first-order valence-corrected chi connectivity index (χ1v) is 18.1. The molecule has 2 aromatic carbocycles. The number of rotatable bonds is 7. The summed E-state index contributed by atoms with van der Waals surface area (Å²) in [4.78, 5) is 36.8. The third-order valence-electron chi connectivity index (χ3n) is 12.6. The van der Waals surface area contributed by atoms with E-state index in [-0.39, 0.29) is 54.4 Å². The first-order valence-electron chi connectivity index (χ1n) is 26.1. The van der Waals surface area contributed by atoms with E-state index >= 15 is 0 Å². The highest BCUT2D eigenvalue weighted by molar-refractivity contribution is 6.06. The number of fused-ring (bicyclic) bond motifs is 2. The number of aromatic nitrogens is 2. The van der Waals surface area contributed by atoms with Crippen molar-refractivity contribution < 1.29 is 53.8 Å². The first kappa shape index (κ1) is 28.5. The number of alkyl carbamates (subject to hydrolysis) is 1. The molecular weight excluding hydrogens is 680 g/mol. The van der Waals surface area contributed by atoms with Gasteiger partial charge < -0.3 is 34.4 Å². The number of nitrogens with one attached hydrogen (secondary N) is 1. The van der Waals surface area contributed by atoms with E-state index in [0.717, 1.165) is 71.7 Å². The Balaban J connectivity index is -0.000000472. The lowest BCUT2D eigenvalue weighted by Gasteiger charge is -2.72. The number of amides is 1. The maximum absolute atomic E-state index is 12.4. The van der Waals surface area contributed by atoms with Crippen molar-refractivity contribution in [3.05, 3.63) is 71.0 Å². The highest BCUT2D eigenvalue weighted by Gasteiger charge is 2.71. The number of halogens is 1. The molecular formula is C41H71ClN4O6. The van der Waals surface area contributed by atoms with Gasteiger partial charge in [0.2, 0.25) is 0 Å². The zero-order valence-corrected chi connectivity index (χ0v) is 32.7. The molecule has 2 aromatic heterocycles. The highest BCUT2D eigenvalue weighted by Crippen LogP contribution is 2.72. The number of hydrogen-bond donors (Lipinski definition) is 2. The quantitative estimate of drug-likeness (QED) is 0.142. The number of hydrogen-bond acceptors (Lipinski definition) is 7. The van der Waals surface area contributed by atoms with Crippen molar-refractivity contribution in [1.82, 2.24) is 14.5 Å². The second kappa shape index (κ2) is 12.5. The number of benzene rings is 2. The van der Waals surface area contributed by atoms with Crippen LogP contribution in [0.1, 0.15) is 143 Å². The molecule has 10 rings (SSSR count). The summed E-state index contributed by atoms with van der Waals surface area (Å²) in [6, 6.07) is 16.6. The molecule has 3 N–H and O–H groups in total. The van der Waals surface area contributed by atoms with Gasteiger partial charge in [0.25, 0.3) is 0 Å².